The van der Waals surface area contributed by atoms with Gasteiger partial charge in [0, 0.05) is 38.6 Å². The van der Waals surface area contributed by atoms with Crippen molar-refractivity contribution < 1.29 is 9.53 Å². The minimum absolute atomic E-state index is 0.0175. The van der Waals surface area contributed by atoms with Gasteiger partial charge in [-0.05, 0) is 49.1 Å². The smallest absolute Gasteiger partial charge is 0.276 e. The van der Waals surface area contributed by atoms with Crippen LogP contribution in [0, 0.1) is 0 Å². The highest BCUT2D eigenvalue weighted by molar-refractivity contribution is 5.93. The van der Waals surface area contributed by atoms with E-state index in [1.807, 2.05) is 52.0 Å². The van der Waals surface area contributed by atoms with Crippen molar-refractivity contribution in [3.05, 3.63) is 71.5 Å². The number of carbonyl (C=O) groups excluding carboxylic acids is 1. The van der Waals surface area contributed by atoms with E-state index in [0.717, 1.165) is 69.1 Å². The van der Waals surface area contributed by atoms with Crippen LogP contribution in [0.5, 0.6) is 5.75 Å². The molecule has 1 aliphatic heterocycles. The van der Waals surface area contributed by atoms with Crippen molar-refractivity contribution in [2.24, 2.45) is 0 Å². The van der Waals surface area contributed by atoms with Gasteiger partial charge in [0.05, 0.1) is 18.5 Å². The molecule has 0 bridgehead atoms. The SMILES string of the molecule is COc1ccc(CCN2CCN(C(=O)c3nnn(-c4ccccc4)c3C3CC3)CC2)cc1. The number of para-hydroxylation sites is 1. The predicted octanol–water partition coefficient (Wildman–Crippen LogP) is 3.15. The average molecular weight is 432 g/mol. The maximum atomic E-state index is 13.3. The Morgan fingerprint density at radius 1 is 1.00 bits per heavy atom. The van der Waals surface area contributed by atoms with Crippen LogP contribution in [-0.2, 0) is 6.42 Å². The zero-order valence-electron chi connectivity index (χ0n) is 18.5. The summed E-state index contributed by atoms with van der Waals surface area (Å²) >= 11 is 0. The second kappa shape index (κ2) is 9.12. The van der Waals surface area contributed by atoms with Gasteiger partial charge in [-0.3, -0.25) is 9.69 Å². The number of hydrogen-bond acceptors (Lipinski definition) is 5. The summed E-state index contributed by atoms with van der Waals surface area (Å²) in [6.45, 7) is 4.21. The number of aromatic nitrogens is 3. The third-order valence-corrected chi connectivity index (χ3v) is 6.41. The molecule has 1 amide bonds. The fraction of sp³-hybridized carbons (Fsp3) is 0.400. The van der Waals surface area contributed by atoms with E-state index in [1.165, 1.54) is 5.56 Å². The van der Waals surface area contributed by atoms with Crippen LogP contribution in [0.15, 0.2) is 54.6 Å². The van der Waals surface area contributed by atoms with Crippen LogP contribution in [0.25, 0.3) is 5.69 Å². The zero-order valence-corrected chi connectivity index (χ0v) is 18.5. The van der Waals surface area contributed by atoms with Crippen LogP contribution in [0.1, 0.15) is 40.5 Å². The zero-order chi connectivity index (χ0) is 21.9. The molecule has 0 unspecified atom stereocenters. The Morgan fingerprint density at radius 2 is 1.72 bits per heavy atom. The molecule has 32 heavy (non-hydrogen) atoms. The van der Waals surface area contributed by atoms with E-state index in [9.17, 15) is 4.79 Å². The fourth-order valence-corrected chi connectivity index (χ4v) is 4.33. The maximum Gasteiger partial charge on any atom is 0.276 e. The molecule has 2 aromatic carbocycles. The van der Waals surface area contributed by atoms with Crippen LogP contribution in [0.2, 0.25) is 0 Å². The van der Waals surface area contributed by atoms with Gasteiger partial charge in [-0.25, -0.2) is 4.68 Å². The van der Waals surface area contributed by atoms with Gasteiger partial charge in [-0.15, -0.1) is 5.10 Å². The Balaban J connectivity index is 1.21. The first-order valence-electron chi connectivity index (χ1n) is 11.4. The number of amides is 1. The lowest BCUT2D eigenvalue weighted by Gasteiger charge is -2.34. The van der Waals surface area contributed by atoms with Crippen LogP contribution in [-0.4, -0.2) is 70.5 Å². The third kappa shape index (κ3) is 4.39. The summed E-state index contributed by atoms with van der Waals surface area (Å²) in [6.07, 6.45) is 3.19. The van der Waals surface area contributed by atoms with Crippen molar-refractivity contribution in [3.8, 4) is 11.4 Å². The van der Waals surface area contributed by atoms with Crippen molar-refractivity contribution in [1.29, 1.82) is 0 Å². The Morgan fingerprint density at radius 3 is 2.38 bits per heavy atom. The second-order valence-corrected chi connectivity index (χ2v) is 8.58. The van der Waals surface area contributed by atoms with Gasteiger partial charge in [-0.1, -0.05) is 35.5 Å². The molecule has 1 saturated heterocycles. The molecule has 0 N–H and O–H groups in total. The van der Waals surface area contributed by atoms with Crippen LogP contribution in [0.4, 0.5) is 0 Å². The first kappa shape index (κ1) is 20.7. The van der Waals surface area contributed by atoms with E-state index in [-0.39, 0.29) is 5.91 Å². The van der Waals surface area contributed by atoms with Crippen LogP contribution < -0.4 is 4.74 Å². The number of rotatable bonds is 7. The summed E-state index contributed by atoms with van der Waals surface area (Å²) in [5.74, 6) is 1.29. The maximum absolute atomic E-state index is 13.3. The highest BCUT2D eigenvalue weighted by atomic mass is 16.5. The summed E-state index contributed by atoms with van der Waals surface area (Å²) in [6, 6.07) is 18.2. The Labute approximate surface area is 188 Å². The van der Waals surface area contributed by atoms with Crippen molar-refractivity contribution in [3.63, 3.8) is 0 Å². The van der Waals surface area contributed by atoms with Crippen molar-refractivity contribution in [2.45, 2.75) is 25.2 Å². The molecule has 2 aliphatic rings. The highest BCUT2D eigenvalue weighted by Crippen LogP contribution is 2.42. The minimum Gasteiger partial charge on any atom is -0.497 e. The van der Waals surface area contributed by atoms with Gasteiger partial charge in [0.1, 0.15) is 5.75 Å². The van der Waals surface area contributed by atoms with E-state index in [0.29, 0.717) is 11.6 Å². The van der Waals surface area contributed by atoms with Gasteiger partial charge in [0.25, 0.3) is 5.91 Å². The lowest BCUT2D eigenvalue weighted by Crippen LogP contribution is -2.49. The van der Waals surface area contributed by atoms with Gasteiger partial charge < -0.3 is 9.64 Å². The summed E-state index contributed by atoms with van der Waals surface area (Å²) in [4.78, 5) is 17.7. The molecule has 1 aliphatic carbocycles. The Bertz CT molecular complexity index is 1050. The number of benzene rings is 2. The van der Waals surface area contributed by atoms with E-state index < -0.39 is 0 Å². The summed E-state index contributed by atoms with van der Waals surface area (Å²) < 4.78 is 7.09. The quantitative estimate of drug-likeness (QED) is 0.575. The normalized spacial score (nSPS) is 16.8. The predicted molar refractivity (Wildman–Crippen MR) is 122 cm³/mol. The van der Waals surface area contributed by atoms with Gasteiger partial charge in [0.2, 0.25) is 0 Å². The molecule has 1 saturated carbocycles. The second-order valence-electron chi connectivity index (χ2n) is 8.58. The van der Waals surface area contributed by atoms with Gasteiger partial charge in [0.15, 0.2) is 5.69 Å². The van der Waals surface area contributed by atoms with Crippen molar-refractivity contribution in [1.82, 2.24) is 24.8 Å². The Hall–Kier alpha value is -3.19. The molecule has 7 nitrogen and oxygen atoms in total. The van der Waals surface area contributed by atoms with Crippen molar-refractivity contribution in [2.75, 3.05) is 39.8 Å². The lowest BCUT2D eigenvalue weighted by molar-refractivity contribution is 0.0631. The molecule has 0 spiro atoms. The van der Waals surface area contributed by atoms with E-state index in [2.05, 4.69) is 27.3 Å². The minimum atomic E-state index is 0.0175. The molecular formula is C25H29N5O2. The first-order valence-corrected chi connectivity index (χ1v) is 11.4. The fourth-order valence-electron chi connectivity index (χ4n) is 4.33. The molecule has 3 aromatic rings. The first-order chi connectivity index (χ1) is 15.7. The highest BCUT2D eigenvalue weighted by Gasteiger charge is 2.36. The lowest BCUT2D eigenvalue weighted by atomic mass is 10.1. The summed E-state index contributed by atoms with van der Waals surface area (Å²) in [5.41, 5.74) is 3.77. The average Bonchev–Trinajstić information content (AvgIpc) is 3.61. The molecule has 1 aromatic heterocycles. The number of methoxy groups -OCH3 is 1. The number of hydrogen-bond donors (Lipinski definition) is 0. The number of piperazine rings is 1. The van der Waals surface area contributed by atoms with E-state index in [1.54, 1.807) is 7.11 Å². The summed E-state index contributed by atoms with van der Waals surface area (Å²) in [7, 11) is 1.69. The third-order valence-electron chi connectivity index (χ3n) is 6.41. The number of ether oxygens (including phenoxy) is 1. The molecule has 0 atom stereocenters. The monoisotopic (exact) mass is 431 g/mol. The van der Waals surface area contributed by atoms with E-state index in [4.69, 9.17) is 4.74 Å². The standard InChI is InChI=1S/C25H29N5O2/c1-32-22-11-7-19(8-12-22)13-14-28-15-17-29(18-16-28)25(31)23-24(20-9-10-20)30(27-26-23)21-5-3-2-4-6-21/h2-8,11-12,20H,9-10,13-18H2,1H3. The van der Waals surface area contributed by atoms with Crippen molar-refractivity contribution >= 4 is 5.91 Å². The van der Waals surface area contributed by atoms with E-state index >= 15 is 0 Å². The van der Waals surface area contributed by atoms with Crippen LogP contribution in [0.3, 0.4) is 0 Å². The number of carbonyl (C=O) groups is 1. The molecule has 2 heterocycles. The molecular weight excluding hydrogens is 402 g/mol. The summed E-state index contributed by atoms with van der Waals surface area (Å²) in [5, 5.41) is 8.69. The molecule has 166 valence electrons. The van der Waals surface area contributed by atoms with Gasteiger partial charge >= 0.3 is 0 Å². The topological polar surface area (TPSA) is 63.5 Å². The van der Waals surface area contributed by atoms with Crippen LogP contribution >= 0.6 is 0 Å². The largest absolute Gasteiger partial charge is 0.497 e. The number of nitrogens with zero attached hydrogens (tertiary/aromatic N) is 5. The van der Waals surface area contributed by atoms with Gasteiger partial charge in [-0.2, -0.15) is 0 Å². The Kier molecular flexibility index (Phi) is 5.90. The molecule has 7 heteroatoms. The molecule has 2 fully saturated rings. The molecule has 5 rings (SSSR count). The molecule has 0 radical (unpaired) electrons.